The Kier molecular flexibility index (Phi) is 6.26. The van der Waals surface area contributed by atoms with E-state index >= 15 is 0 Å². The van der Waals surface area contributed by atoms with Crippen LogP contribution < -0.4 is 5.73 Å². The summed E-state index contributed by atoms with van der Waals surface area (Å²) in [5.41, 5.74) is 5.52. The van der Waals surface area contributed by atoms with Gasteiger partial charge < -0.3 is 15.7 Å². The predicted octanol–water partition coefficient (Wildman–Crippen LogP) is 0.0896. The van der Waals surface area contributed by atoms with Crippen LogP contribution in [0.4, 0.5) is 0 Å². The van der Waals surface area contributed by atoms with Crippen LogP contribution in [0.25, 0.3) is 0 Å². The Morgan fingerprint density at radius 2 is 2.31 bits per heavy atom. The van der Waals surface area contributed by atoms with Crippen molar-refractivity contribution in [1.29, 1.82) is 0 Å². The van der Waals surface area contributed by atoms with Crippen molar-refractivity contribution in [2.75, 3.05) is 27.3 Å². The molecule has 5 heteroatoms. The van der Waals surface area contributed by atoms with Crippen LogP contribution in [0.3, 0.4) is 0 Å². The minimum Gasteiger partial charge on any atom is -0.409 e. The van der Waals surface area contributed by atoms with Crippen LogP contribution in [0, 0.1) is 0 Å². The largest absolute Gasteiger partial charge is 0.409 e. The van der Waals surface area contributed by atoms with Crippen LogP contribution in [-0.4, -0.2) is 49.3 Å². The fraction of sp³-hybridized carbons (Fsp3) is 0.875. The van der Waals surface area contributed by atoms with Crippen LogP contribution in [0.2, 0.25) is 0 Å². The molecule has 0 bridgehead atoms. The number of hydrogen-bond donors (Lipinski definition) is 2. The first-order valence-corrected chi connectivity index (χ1v) is 4.33. The molecule has 0 fully saturated rings. The van der Waals surface area contributed by atoms with E-state index in [2.05, 4.69) is 5.16 Å². The van der Waals surface area contributed by atoms with Gasteiger partial charge in [0.1, 0.15) is 0 Å². The Hall–Kier alpha value is -0.810. The average molecular weight is 189 g/mol. The molecule has 0 saturated heterocycles. The summed E-state index contributed by atoms with van der Waals surface area (Å²) in [6, 6.07) is -0.0138. The summed E-state index contributed by atoms with van der Waals surface area (Å²) in [5.74, 6) is 0.251. The fourth-order valence-corrected chi connectivity index (χ4v) is 1.20. The molecule has 0 rings (SSSR count). The van der Waals surface area contributed by atoms with Gasteiger partial charge in [0.2, 0.25) is 0 Å². The molecule has 0 amide bonds. The second kappa shape index (κ2) is 6.68. The molecule has 1 atom stereocenters. The second-order valence-electron chi connectivity index (χ2n) is 2.92. The fourth-order valence-electron chi connectivity index (χ4n) is 1.20. The number of oxime groups is 1. The molecule has 13 heavy (non-hydrogen) atoms. The third-order valence-corrected chi connectivity index (χ3v) is 2.02. The zero-order valence-corrected chi connectivity index (χ0v) is 8.53. The number of nitrogens with zero attached hydrogens (tertiary/aromatic N) is 2. The van der Waals surface area contributed by atoms with Crippen LogP contribution in [0.15, 0.2) is 5.16 Å². The van der Waals surface area contributed by atoms with E-state index in [9.17, 15) is 0 Å². The molecule has 0 aliphatic rings. The summed E-state index contributed by atoms with van der Waals surface area (Å²) in [6.07, 6.45) is 0.816. The van der Waals surface area contributed by atoms with Crippen LogP contribution in [0.1, 0.15) is 13.3 Å². The average Bonchev–Trinajstić information content (AvgIpc) is 2.15. The molecular weight excluding hydrogens is 170 g/mol. The molecule has 0 aromatic heterocycles. The smallest absolute Gasteiger partial charge is 0.156 e. The van der Waals surface area contributed by atoms with Gasteiger partial charge >= 0.3 is 0 Å². The van der Waals surface area contributed by atoms with Gasteiger partial charge in [-0.2, -0.15) is 0 Å². The SMILES string of the molecule is CCC(C(N)=NO)N(C)CCOC. The van der Waals surface area contributed by atoms with Crippen molar-refractivity contribution < 1.29 is 9.94 Å². The Bertz CT molecular complexity index is 161. The van der Waals surface area contributed by atoms with Crippen molar-refractivity contribution in [2.24, 2.45) is 10.9 Å². The standard InChI is InChI=1S/C8H19N3O2/c1-4-7(8(9)10-12)11(2)5-6-13-3/h7,12H,4-6H2,1-3H3,(H2,9,10). The van der Waals surface area contributed by atoms with E-state index in [0.29, 0.717) is 6.61 Å². The molecule has 0 aromatic carbocycles. The summed E-state index contributed by atoms with van der Waals surface area (Å²) in [6.45, 7) is 3.41. The minimum atomic E-state index is -0.0138. The van der Waals surface area contributed by atoms with Gasteiger partial charge in [0.05, 0.1) is 12.6 Å². The number of methoxy groups -OCH3 is 1. The van der Waals surface area contributed by atoms with E-state index in [0.717, 1.165) is 13.0 Å². The van der Waals surface area contributed by atoms with E-state index in [1.165, 1.54) is 0 Å². The van der Waals surface area contributed by atoms with Gasteiger partial charge in [-0.25, -0.2) is 0 Å². The van der Waals surface area contributed by atoms with E-state index in [1.807, 2.05) is 18.9 Å². The first-order chi connectivity index (χ1) is 6.17. The van der Waals surface area contributed by atoms with Crippen LogP contribution >= 0.6 is 0 Å². The molecule has 0 spiro atoms. The number of ether oxygens (including phenoxy) is 1. The normalized spacial score (nSPS) is 14.9. The molecule has 0 aromatic rings. The van der Waals surface area contributed by atoms with Crippen LogP contribution in [-0.2, 0) is 4.74 Å². The molecule has 0 heterocycles. The lowest BCUT2D eigenvalue weighted by Crippen LogP contribution is -2.43. The third-order valence-electron chi connectivity index (χ3n) is 2.02. The zero-order chi connectivity index (χ0) is 10.3. The van der Waals surface area contributed by atoms with Crippen molar-refractivity contribution in [3.05, 3.63) is 0 Å². The molecule has 1 unspecified atom stereocenters. The number of nitrogens with two attached hydrogens (primary N) is 1. The number of rotatable bonds is 6. The Labute approximate surface area is 79.2 Å². The maximum absolute atomic E-state index is 8.52. The first kappa shape index (κ1) is 12.2. The Balaban J connectivity index is 4.06. The number of amidine groups is 1. The maximum Gasteiger partial charge on any atom is 0.156 e. The summed E-state index contributed by atoms with van der Waals surface area (Å²) in [5, 5.41) is 11.5. The summed E-state index contributed by atoms with van der Waals surface area (Å²) in [4.78, 5) is 2.00. The van der Waals surface area contributed by atoms with Crippen molar-refractivity contribution in [1.82, 2.24) is 4.90 Å². The van der Waals surface area contributed by atoms with E-state index < -0.39 is 0 Å². The van der Waals surface area contributed by atoms with Gasteiger partial charge in [-0.15, -0.1) is 0 Å². The monoisotopic (exact) mass is 189 g/mol. The van der Waals surface area contributed by atoms with E-state index in [-0.39, 0.29) is 11.9 Å². The van der Waals surface area contributed by atoms with Crippen molar-refractivity contribution in [3.63, 3.8) is 0 Å². The highest BCUT2D eigenvalue weighted by molar-refractivity contribution is 5.85. The number of likely N-dealkylation sites (N-methyl/N-ethyl adjacent to an activating group) is 1. The van der Waals surface area contributed by atoms with Crippen molar-refractivity contribution in [2.45, 2.75) is 19.4 Å². The minimum absolute atomic E-state index is 0.0138. The van der Waals surface area contributed by atoms with Gasteiger partial charge in [0.25, 0.3) is 0 Å². The molecule has 0 radical (unpaired) electrons. The van der Waals surface area contributed by atoms with Gasteiger partial charge in [-0.05, 0) is 13.5 Å². The second-order valence-corrected chi connectivity index (χ2v) is 2.92. The van der Waals surface area contributed by atoms with Gasteiger partial charge in [-0.1, -0.05) is 12.1 Å². The summed E-state index contributed by atoms with van der Waals surface area (Å²) in [7, 11) is 3.57. The van der Waals surface area contributed by atoms with Gasteiger partial charge in [-0.3, -0.25) is 4.90 Å². The van der Waals surface area contributed by atoms with E-state index in [4.69, 9.17) is 15.7 Å². The molecule has 0 aliphatic carbocycles. The molecule has 3 N–H and O–H groups in total. The highest BCUT2D eigenvalue weighted by Gasteiger charge is 2.16. The van der Waals surface area contributed by atoms with Crippen LogP contribution in [0.5, 0.6) is 0 Å². The lowest BCUT2D eigenvalue weighted by Gasteiger charge is -2.25. The first-order valence-electron chi connectivity index (χ1n) is 4.33. The summed E-state index contributed by atoms with van der Waals surface area (Å²) < 4.78 is 4.94. The molecule has 5 nitrogen and oxygen atoms in total. The quantitative estimate of drug-likeness (QED) is 0.269. The highest BCUT2D eigenvalue weighted by Crippen LogP contribution is 2.01. The lowest BCUT2D eigenvalue weighted by atomic mass is 10.2. The Morgan fingerprint density at radius 1 is 1.69 bits per heavy atom. The number of hydrogen-bond acceptors (Lipinski definition) is 4. The van der Waals surface area contributed by atoms with Gasteiger partial charge in [0, 0.05) is 13.7 Å². The Morgan fingerprint density at radius 3 is 2.69 bits per heavy atom. The van der Waals surface area contributed by atoms with Crippen molar-refractivity contribution >= 4 is 5.84 Å². The van der Waals surface area contributed by atoms with Crippen molar-refractivity contribution in [3.8, 4) is 0 Å². The molecular formula is C8H19N3O2. The molecule has 0 saturated carbocycles. The zero-order valence-electron chi connectivity index (χ0n) is 8.53. The summed E-state index contributed by atoms with van der Waals surface area (Å²) >= 11 is 0. The van der Waals surface area contributed by atoms with Gasteiger partial charge in [0.15, 0.2) is 5.84 Å². The lowest BCUT2D eigenvalue weighted by molar-refractivity contribution is 0.150. The topological polar surface area (TPSA) is 71.1 Å². The maximum atomic E-state index is 8.52. The third kappa shape index (κ3) is 4.10. The van der Waals surface area contributed by atoms with E-state index in [1.54, 1.807) is 7.11 Å². The highest BCUT2D eigenvalue weighted by atomic mass is 16.5. The molecule has 0 aliphatic heterocycles. The molecule has 78 valence electrons. The predicted molar refractivity (Wildman–Crippen MR) is 52.0 cm³/mol.